The van der Waals surface area contributed by atoms with Crippen LogP contribution < -0.4 is 5.43 Å². The van der Waals surface area contributed by atoms with E-state index in [4.69, 9.17) is 0 Å². The second-order valence-corrected chi connectivity index (χ2v) is 4.80. The Morgan fingerprint density at radius 2 is 1.86 bits per heavy atom. The van der Waals surface area contributed by atoms with Gasteiger partial charge in [-0.2, -0.15) is 0 Å². The number of benzene rings is 1. The Morgan fingerprint density at radius 1 is 1.21 bits per heavy atom. The van der Waals surface area contributed by atoms with E-state index < -0.39 is 0 Å². The lowest BCUT2D eigenvalue weighted by molar-refractivity contribution is 1.24. The van der Waals surface area contributed by atoms with Crippen LogP contribution in [0, 0.1) is 6.92 Å². The van der Waals surface area contributed by atoms with Gasteiger partial charge in [0.25, 0.3) is 0 Å². The first-order valence-electron chi connectivity index (χ1n) is 4.07. The molecule has 2 nitrogen and oxygen atoms in total. The van der Waals surface area contributed by atoms with Crippen LogP contribution in [0.5, 0.6) is 0 Å². The average Bonchev–Trinajstić information content (AvgIpc) is 2.10. The molecule has 1 N–H and O–H groups in total. The fraction of sp³-hybridized carbons (Fsp3) is 0.100. The zero-order valence-corrected chi connectivity index (χ0v) is 10.6. The summed E-state index contributed by atoms with van der Waals surface area (Å²) in [5.41, 5.74) is 1.73. The van der Waals surface area contributed by atoms with Gasteiger partial charge < -0.3 is 4.98 Å². The van der Waals surface area contributed by atoms with Gasteiger partial charge >= 0.3 is 0 Å². The Kier molecular flexibility index (Phi) is 2.49. The van der Waals surface area contributed by atoms with Crippen molar-refractivity contribution in [1.82, 2.24) is 4.98 Å². The van der Waals surface area contributed by atoms with Crippen molar-refractivity contribution in [3.63, 3.8) is 0 Å². The third-order valence-electron chi connectivity index (χ3n) is 2.02. The molecule has 0 unspecified atom stereocenters. The molecule has 0 radical (unpaired) electrons. The van der Waals surface area contributed by atoms with Crippen molar-refractivity contribution in [3.8, 4) is 0 Å². The number of pyridine rings is 1. The molecule has 2 rings (SSSR count). The molecule has 0 spiro atoms. The third kappa shape index (κ3) is 1.53. The monoisotopic (exact) mass is 315 g/mol. The summed E-state index contributed by atoms with van der Waals surface area (Å²) in [7, 11) is 0. The Balaban J connectivity index is 3.08. The molecule has 0 aliphatic rings. The van der Waals surface area contributed by atoms with Crippen molar-refractivity contribution < 1.29 is 0 Å². The summed E-state index contributed by atoms with van der Waals surface area (Å²) in [6.45, 7) is 1.87. The van der Waals surface area contributed by atoms with Crippen molar-refractivity contribution >= 4 is 42.8 Å². The minimum atomic E-state index is 0.0319. The van der Waals surface area contributed by atoms with Crippen molar-refractivity contribution in [2.24, 2.45) is 0 Å². The Labute approximate surface area is 97.6 Å². The summed E-state index contributed by atoms with van der Waals surface area (Å²) in [6, 6.07) is 5.36. The molecular weight excluding hydrogens is 310 g/mol. The maximum Gasteiger partial charge on any atom is 0.190 e. The van der Waals surface area contributed by atoms with Crippen LogP contribution in [0.3, 0.4) is 0 Å². The summed E-state index contributed by atoms with van der Waals surface area (Å²) < 4.78 is 1.72. The maximum absolute atomic E-state index is 11.7. The number of hydrogen-bond acceptors (Lipinski definition) is 1. The van der Waals surface area contributed by atoms with Crippen molar-refractivity contribution in [1.29, 1.82) is 0 Å². The molecule has 4 heteroatoms. The molecular formula is C10H7Br2NO. The fourth-order valence-corrected chi connectivity index (χ4v) is 2.37. The van der Waals surface area contributed by atoms with Crippen LogP contribution in [0.2, 0.25) is 0 Å². The van der Waals surface area contributed by atoms with E-state index in [0.29, 0.717) is 5.39 Å². The van der Waals surface area contributed by atoms with E-state index in [1.54, 1.807) is 6.07 Å². The topological polar surface area (TPSA) is 32.9 Å². The van der Waals surface area contributed by atoms with E-state index in [-0.39, 0.29) is 5.43 Å². The highest BCUT2D eigenvalue weighted by Gasteiger charge is 2.06. The Morgan fingerprint density at radius 3 is 2.57 bits per heavy atom. The van der Waals surface area contributed by atoms with Crippen LogP contribution in [-0.4, -0.2) is 4.98 Å². The number of fused-ring (bicyclic) bond motifs is 1. The molecule has 72 valence electrons. The second-order valence-electron chi connectivity index (χ2n) is 3.10. The molecule has 0 aliphatic carbocycles. The van der Waals surface area contributed by atoms with Gasteiger partial charge in [-0.05, 0) is 50.9 Å². The number of aromatic nitrogens is 1. The molecule has 0 amide bonds. The standard InChI is InChI=1S/C10H7Br2NO/c1-5-4-8(14)9-6(11)2-3-7(12)10(9)13-5/h2-4H,1H3,(H,13,14). The first kappa shape index (κ1) is 9.93. The minimum Gasteiger partial charge on any atom is -0.357 e. The lowest BCUT2D eigenvalue weighted by Crippen LogP contribution is -2.03. The Bertz CT molecular complexity index is 560. The molecule has 0 saturated heterocycles. The van der Waals surface area contributed by atoms with Gasteiger partial charge in [0.15, 0.2) is 5.43 Å². The number of aryl methyl sites for hydroxylation is 1. The largest absolute Gasteiger partial charge is 0.357 e. The van der Waals surface area contributed by atoms with Gasteiger partial charge in [-0.25, -0.2) is 0 Å². The SMILES string of the molecule is Cc1cc(=O)c2c(Br)ccc(Br)c2[nH]1. The predicted molar refractivity (Wildman–Crippen MR) is 64.7 cm³/mol. The van der Waals surface area contributed by atoms with Gasteiger partial charge in [-0.15, -0.1) is 0 Å². The molecule has 14 heavy (non-hydrogen) atoms. The second kappa shape index (κ2) is 3.51. The predicted octanol–water partition coefficient (Wildman–Crippen LogP) is 3.36. The first-order chi connectivity index (χ1) is 6.59. The van der Waals surface area contributed by atoms with Gasteiger partial charge in [-0.3, -0.25) is 4.79 Å². The van der Waals surface area contributed by atoms with Crippen LogP contribution in [0.4, 0.5) is 0 Å². The summed E-state index contributed by atoms with van der Waals surface area (Å²) in [6.07, 6.45) is 0. The van der Waals surface area contributed by atoms with Gasteiger partial charge in [0.05, 0.1) is 10.9 Å². The summed E-state index contributed by atoms with van der Waals surface area (Å²) in [5, 5.41) is 0.685. The molecule has 0 fully saturated rings. The van der Waals surface area contributed by atoms with Crippen molar-refractivity contribution in [2.45, 2.75) is 6.92 Å². The van der Waals surface area contributed by atoms with E-state index in [1.165, 1.54) is 0 Å². The van der Waals surface area contributed by atoms with E-state index in [0.717, 1.165) is 20.2 Å². The lowest BCUT2D eigenvalue weighted by atomic mass is 10.2. The summed E-state index contributed by atoms with van der Waals surface area (Å²) >= 11 is 6.77. The van der Waals surface area contributed by atoms with Crippen molar-refractivity contribution in [3.05, 3.63) is 43.1 Å². The number of rotatable bonds is 0. The molecule has 0 saturated carbocycles. The highest BCUT2D eigenvalue weighted by molar-refractivity contribution is 9.11. The van der Waals surface area contributed by atoms with Gasteiger partial charge in [0, 0.05) is 20.7 Å². The number of aromatic amines is 1. The summed E-state index contributed by atoms with van der Waals surface area (Å²) in [4.78, 5) is 14.9. The number of nitrogens with one attached hydrogen (secondary N) is 1. The molecule has 1 heterocycles. The quantitative estimate of drug-likeness (QED) is 0.794. The average molecular weight is 317 g/mol. The number of H-pyrrole nitrogens is 1. The molecule has 0 aliphatic heterocycles. The van der Waals surface area contributed by atoms with Crippen LogP contribution >= 0.6 is 31.9 Å². The number of hydrogen-bond donors (Lipinski definition) is 1. The van der Waals surface area contributed by atoms with Crippen LogP contribution in [0.25, 0.3) is 10.9 Å². The molecule has 2 aromatic rings. The van der Waals surface area contributed by atoms with E-state index >= 15 is 0 Å². The molecule has 0 bridgehead atoms. The molecule has 1 aromatic heterocycles. The first-order valence-corrected chi connectivity index (χ1v) is 5.66. The van der Waals surface area contributed by atoms with Crippen LogP contribution in [0.15, 0.2) is 31.9 Å². The maximum atomic E-state index is 11.7. The third-order valence-corrected chi connectivity index (χ3v) is 3.34. The zero-order chi connectivity index (χ0) is 10.3. The van der Waals surface area contributed by atoms with E-state index in [9.17, 15) is 4.79 Å². The highest BCUT2D eigenvalue weighted by Crippen LogP contribution is 2.26. The smallest absolute Gasteiger partial charge is 0.190 e. The van der Waals surface area contributed by atoms with Crippen LogP contribution in [-0.2, 0) is 0 Å². The van der Waals surface area contributed by atoms with Crippen molar-refractivity contribution in [2.75, 3.05) is 0 Å². The van der Waals surface area contributed by atoms with E-state index in [1.807, 2.05) is 19.1 Å². The molecule has 1 aromatic carbocycles. The minimum absolute atomic E-state index is 0.0319. The highest BCUT2D eigenvalue weighted by atomic mass is 79.9. The summed E-state index contributed by atoms with van der Waals surface area (Å²) in [5.74, 6) is 0. The van der Waals surface area contributed by atoms with Gasteiger partial charge in [-0.1, -0.05) is 0 Å². The molecule has 0 atom stereocenters. The Hall–Kier alpha value is -0.610. The fourth-order valence-electron chi connectivity index (χ4n) is 1.42. The number of halogens is 2. The van der Waals surface area contributed by atoms with Crippen LogP contribution in [0.1, 0.15) is 5.69 Å². The van der Waals surface area contributed by atoms with Gasteiger partial charge in [0.1, 0.15) is 0 Å². The van der Waals surface area contributed by atoms with Gasteiger partial charge in [0.2, 0.25) is 0 Å². The zero-order valence-electron chi connectivity index (χ0n) is 7.40. The van der Waals surface area contributed by atoms with E-state index in [2.05, 4.69) is 36.8 Å². The normalized spacial score (nSPS) is 10.8. The lowest BCUT2D eigenvalue weighted by Gasteiger charge is -2.03.